The normalized spacial score (nSPS) is 17.5. The molecule has 0 spiro atoms. The van der Waals surface area contributed by atoms with E-state index in [4.69, 9.17) is 9.47 Å². The van der Waals surface area contributed by atoms with Crippen molar-refractivity contribution in [2.75, 3.05) is 26.4 Å². The molecule has 0 saturated carbocycles. The van der Waals surface area contributed by atoms with Crippen LogP contribution in [0.15, 0.2) is 18.5 Å². The number of ether oxygens (including phenoxy) is 2. The lowest BCUT2D eigenvalue weighted by Crippen LogP contribution is -2.49. The van der Waals surface area contributed by atoms with Crippen molar-refractivity contribution in [3.63, 3.8) is 0 Å². The highest BCUT2D eigenvalue weighted by atomic mass is 16.5. The van der Waals surface area contributed by atoms with Gasteiger partial charge in [-0.05, 0) is 18.1 Å². The van der Waals surface area contributed by atoms with Gasteiger partial charge >= 0.3 is 0 Å². The van der Waals surface area contributed by atoms with E-state index in [0.717, 1.165) is 18.6 Å². The molecular formula is C13H19NO3. The molecule has 4 nitrogen and oxygen atoms in total. The molecule has 1 aromatic rings. The van der Waals surface area contributed by atoms with Gasteiger partial charge in [-0.2, -0.15) is 0 Å². The summed E-state index contributed by atoms with van der Waals surface area (Å²) < 4.78 is 10.8. The minimum absolute atomic E-state index is 0.106. The fourth-order valence-electron chi connectivity index (χ4n) is 1.82. The zero-order valence-corrected chi connectivity index (χ0v) is 10.2. The summed E-state index contributed by atoms with van der Waals surface area (Å²) in [6, 6.07) is 2.01. The van der Waals surface area contributed by atoms with E-state index in [-0.39, 0.29) is 12.0 Å². The predicted octanol–water partition coefficient (Wildman–Crippen LogP) is 1.42. The quantitative estimate of drug-likeness (QED) is 0.813. The second-order valence-corrected chi connectivity index (χ2v) is 4.72. The molecule has 0 bridgehead atoms. The Bertz CT molecular complexity index is 358. The molecule has 1 aromatic heterocycles. The van der Waals surface area contributed by atoms with E-state index in [2.05, 4.69) is 11.9 Å². The van der Waals surface area contributed by atoms with Crippen molar-refractivity contribution in [2.45, 2.75) is 19.8 Å². The average Bonchev–Trinajstić information content (AvgIpc) is 2.29. The van der Waals surface area contributed by atoms with Crippen LogP contribution in [0.4, 0.5) is 0 Å². The van der Waals surface area contributed by atoms with Gasteiger partial charge in [0.15, 0.2) is 0 Å². The molecule has 2 heterocycles. The predicted molar refractivity (Wildman–Crippen MR) is 64.1 cm³/mol. The molecule has 0 atom stereocenters. The van der Waals surface area contributed by atoms with E-state index in [1.165, 1.54) is 5.56 Å². The Hall–Kier alpha value is -1.13. The van der Waals surface area contributed by atoms with E-state index < -0.39 is 0 Å². The highest BCUT2D eigenvalue weighted by molar-refractivity contribution is 5.23. The minimum atomic E-state index is -0.208. The fourth-order valence-corrected chi connectivity index (χ4v) is 1.82. The van der Waals surface area contributed by atoms with Crippen molar-refractivity contribution in [1.29, 1.82) is 0 Å². The number of aliphatic hydroxyl groups excluding tert-OH is 1. The Kier molecular flexibility index (Phi) is 3.97. The van der Waals surface area contributed by atoms with Crippen LogP contribution in [0.1, 0.15) is 18.9 Å². The fraction of sp³-hybridized carbons (Fsp3) is 0.615. The largest absolute Gasteiger partial charge is 0.491 e. The number of pyridine rings is 1. The van der Waals surface area contributed by atoms with E-state index in [1.807, 2.05) is 12.3 Å². The highest BCUT2D eigenvalue weighted by Gasteiger charge is 2.39. The first-order chi connectivity index (χ1) is 8.28. The van der Waals surface area contributed by atoms with Gasteiger partial charge in [0, 0.05) is 6.20 Å². The number of aliphatic hydroxyl groups is 1. The van der Waals surface area contributed by atoms with Crippen molar-refractivity contribution >= 4 is 0 Å². The summed E-state index contributed by atoms with van der Waals surface area (Å²) in [6.45, 7) is 3.88. The summed E-state index contributed by atoms with van der Waals surface area (Å²) >= 11 is 0. The van der Waals surface area contributed by atoms with Crippen LogP contribution in [-0.4, -0.2) is 36.5 Å². The molecular weight excluding hydrogens is 218 g/mol. The molecule has 2 rings (SSSR count). The molecule has 4 heteroatoms. The van der Waals surface area contributed by atoms with Gasteiger partial charge in [-0.15, -0.1) is 0 Å². The summed E-state index contributed by atoms with van der Waals surface area (Å²) in [4.78, 5) is 4.15. The first-order valence-corrected chi connectivity index (χ1v) is 6.03. The molecule has 1 saturated heterocycles. The van der Waals surface area contributed by atoms with Gasteiger partial charge in [-0.3, -0.25) is 4.98 Å². The first-order valence-electron chi connectivity index (χ1n) is 6.03. The van der Waals surface area contributed by atoms with Crippen molar-refractivity contribution in [3.8, 4) is 5.75 Å². The number of aryl methyl sites for hydroxylation is 1. The van der Waals surface area contributed by atoms with Crippen LogP contribution in [0.2, 0.25) is 0 Å². The molecule has 0 radical (unpaired) electrons. The molecule has 1 fully saturated rings. The first kappa shape index (κ1) is 12.3. The smallest absolute Gasteiger partial charge is 0.137 e. The topological polar surface area (TPSA) is 51.6 Å². The molecule has 17 heavy (non-hydrogen) atoms. The Balaban J connectivity index is 1.92. The monoisotopic (exact) mass is 237 g/mol. The van der Waals surface area contributed by atoms with Crippen LogP contribution in [0.3, 0.4) is 0 Å². The number of nitrogens with zero attached hydrogens (tertiary/aromatic N) is 1. The summed E-state index contributed by atoms with van der Waals surface area (Å²) in [6.07, 6.45) is 5.69. The summed E-state index contributed by atoms with van der Waals surface area (Å²) in [5, 5.41) is 9.28. The lowest BCUT2D eigenvalue weighted by Gasteiger charge is -2.39. The van der Waals surface area contributed by atoms with Crippen LogP contribution in [0.25, 0.3) is 0 Å². The van der Waals surface area contributed by atoms with Crippen molar-refractivity contribution in [3.05, 3.63) is 24.0 Å². The number of aromatic nitrogens is 1. The van der Waals surface area contributed by atoms with Gasteiger partial charge in [0.1, 0.15) is 12.4 Å². The number of hydrogen-bond donors (Lipinski definition) is 1. The maximum Gasteiger partial charge on any atom is 0.137 e. The summed E-state index contributed by atoms with van der Waals surface area (Å²) in [5.41, 5.74) is 0.980. The van der Waals surface area contributed by atoms with Gasteiger partial charge in [0.05, 0.1) is 31.4 Å². The van der Waals surface area contributed by atoms with Crippen molar-refractivity contribution < 1.29 is 14.6 Å². The lowest BCUT2D eigenvalue weighted by atomic mass is 9.88. The molecule has 1 N–H and O–H groups in total. The zero-order valence-electron chi connectivity index (χ0n) is 10.2. The third-order valence-corrected chi connectivity index (χ3v) is 3.01. The average molecular weight is 237 g/mol. The minimum Gasteiger partial charge on any atom is -0.491 e. The maximum absolute atomic E-state index is 9.28. The molecule has 0 aromatic carbocycles. The van der Waals surface area contributed by atoms with E-state index in [0.29, 0.717) is 19.8 Å². The second-order valence-electron chi connectivity index (χ2n) is 4.72. The van der Waals surface area contributed by atoms with Crippen LogP contribution in [0.5, 0.6) is 5.75 Å². The number of rotatable bonds is 6. The SMILES string of the molecule is CCCc1cncc(OCC2(CO)COC2)c1. The molecule has 94 valence electrons. The van der Waals surface area contributed by atoms with E-state index >= 15 is 0 Å². The Morgan fingerprint density at radius 2 is 2.29 bits per heavy atom. The second kappa shape index (κ2) is 5.47. The molecule has 1 aliphatic heterocycles. The Morgan fingerprint density at radius 1 is 1.47 bits per heavy atom. The summed E-state index contributed by atoms with van der Waals surface area (Å²) in [5.74, 6) is 0.774. The van der Waals surface area contributed by atoms with Gasteiger partial charge in [0.25, 0.3) is 0 Å². The molecule has 1 aliphatic rings. The van der Waals surface area contributed by atoms with E-state index in [9.17, 15) is 5.11 Å². The van der Waals surface area contributed by atoms with Crippen LogP contribution in [-0.2, 0) is 11.2 Å². The molecule has 0 aliphatic carbocycles. The third-order valence-electron chi connectivity index (χ3n) is 3.01. The van der Waals surface area contributed by atoms with Gasteiger partial charge < -0.3 is 14.6 Å². The standard InChI is InChI=1S/C13H19NO3/c1-2-3-11-4-12(6-14-5-11)17-10-13(7-15)8-16-9-13/h4-6,15H,2-3,7-10H2,1H3. The van der Waals surface area contributed by atoms with Gasteiger partial charge in [-0.1, -0.05) is 13.3 Å². The Labute approximate surface area is 102 Å². The van der Waals surface area contributed by atoms with Crippen LogP contribution < -0.4 is 4.74 Å². The lowest BCUT2D eigenvalue weighted by molar-refractivity contribution is -0.153. The Morgan fingerprint density at radius 3 is 2.88 bits per heavy atom. The van der Waals surface area contributed by atoms with Gasteiger partial charge in [-0.25, -0.2) is 0 Å². The van der Waals surface area contributed by atoms with Crippen LogP contribution in [0, 0.1) is 5.41 Å². The molecule has 0 amide bonds. The van der Waals surface area contributed by atoms with Crippen molar-refractivity contribution in [2.24, 2.45) is 5.41 Å². The van der Waals surface area contributed by atoms with Crippen molar-refractivity contribution in [1.82, 2.24) is 4.98 Å². The maximum atomic E-state index is 9.28. The summed E-state index contributed by atoms with van der Waals surface area (Å²) in [7, 11) is 0. The molecule has 0 unspecified atom stereocenters. The number of hydrogen-bond acceptors (Lipinski definition) is 4. The van der Waals surface area contributed by atoms with Gasteiger partial charge in [0.2, 0.25) is 0 Å². The van der Waals surface area contributed by atoms with Crippen LogP contribution >= 0.6 is 0 Å². The van der Waals surface area contributed by atoms with E-state index in [1.54, 1.807) is 6.20 Å². The third kappa shape index (κ3) is 2.96. The zero-order chi connectivity index (χ0) is 12.1. The highest BCUT2D eigenvalue weighted by Crippen LogP contribution is 2.27.